The van der Waals surface area contributed by atoms with Gasteiger partial charge in [0.2, 0.25) is 0 Å². The number of hydrogen-bond donors (Lipinski definition) is 1. The fraction of sp³-hybridized carbons (Fsp3) is 1.00. The fourth-order valence-corrected chi connectivity index (χ4v) is 2.10. The van der Waals surface area contributed by atoms with Crippen LogP contribution < -0.4 is 5.73 Å². The van der Waals surface area contributed by atoms with Crippen molar-refractivity contribution < 1.29 is 4.74 Å². The van der Waals surface area contributed by atoms with Gasteiger partial charge in [-0.05, 0) is 38.3 Å². The molecule has 1 aliphatic rings. The van der Waals surface area contributed by atoms with E-state index in [-0.39, 0.29) is 6.04 Å². The maximum absolute atomic E-state index is 5.93. The lowest BCUT2D eigenvalue weighted by Gasteiger charge is -2.23. The van der Waals surface area contributed by atoms with Crippen LogP contribution in [0.3, 0.4) is 0 Å². The normalized spacial score (nSPS) is 27.2. The molecule has 0 radical (unpaired) electrons. The predicted molar refractivity (Wildman–Crippen MR) is 59.3 cm³/mol. The highest BCUT2D eigenvalue weighted by Gasteiger charge is 2.15. The third-order valence-electron chi connectivity index (χ3n) is 2.98. The minimum Gasteiger partial charge on any atom is -0.383 e. The van der Waals surface area contributed by atoms with Crippen LogP contribution in [-0.2, 0) is 4.74 Å². The van der Waals surface area contributed by atoms with Gasteiger partial charge in [0.05, 0.1) is 6.61 Å². The Balaban J connectivity index is 2.22. The van der Waals surface area contributed by atoms with Crippen LogP contribution >= 0.6 is 0 Å². The fourth-order valence-electron chi connectivity index (χ4n) is 2.10. The average molecular weight is 200 g/mol. The first-order valence-corrected chi connectivity index (χ1v) is 5.69. The number of nitrogens with zero attached hydrogens (tertiary/aromatic N) is 1. The molecule has 1 aliphatic heterocycles. The zero-order chi connectivity index (χ0) is 10.4. The number of likely N-dealkylation sites (tertiary alicyclic amines) is 1. The van der Waals surface area contributed by atoms with Crippen molar-refractivity contribution in [2.24, 2.45) is 11.7 Å². The summed E-state index contributed by atoms with van der Waals surface area (Å²) in [4.78, 5) is 2.48. The molecule has 0 spiro atoms. The standard InChI is InChI=1S/C11H24N2O/c1-10-4-3-6-13(7-5-10)8-11(12)9-14-2/h10-11H,3-9,12H2,1-2H3. The van der Waals surface area contributed by atoms with E-state index in [2.05, 4.69) is 11.8 Å². The molecule has 0 aromatic rings. The molecular formula is C11H24N2O. The van der Waals surface area contributed by atoms with Gasteiger partial charge in [0.1, 0.15) is 0 Å². The maximum atomic E-state index is 5.93. The average Bonchev–Trinajstić information content (AvgIpc) is 2.32. The van der Waals surface area contributed by atoms with E-state index in [0.29, 0.717) is 6.61 Å². The van der Waals surface area contributed by atoms with Crippen molar-refractivity contribution in [3.63, 3.8) is 0 Å². The molecule has 84 valence electrons. The molecule has 0 aromatic carbocycles. The van der Waals surface area contributed by atoms with Gasteiger partial charge in [0.15, 0.2) is 0 Å². The van der Waals surface area contributed by atoms with E-state index < -0.39 is 0 Å². The molecule has 0 amide bonds. The van der Waals surface area contributed by atoms with Gasteiger partial charge in [-0.2, -0.15) is 0 Å². The predicted octanol–water partition coefficient (Wildman–Crippen LogP) is 1.08. The van der Waals surface area contributed by atoms with Crippen molar-refractivity contribution in [2.75, 3.05) is 33.4 Å². The quantitative estimate of drug-likeness (QED) is 0.738. The first kappa shape index (κ1) is 12.0. The van der Waals surface area contributed by atoms with Crippen LogP contribution in [0.1, 0.15) is 26.2 Å². The van der Waals surface area contributed by atoms with Crippen LogP contribution in [0.15, 0.2) is 0 Å². The third-order valence-corrected chi connectivity index (χ3v) is 2.98. The van der Waals surface area contributed by atoms with E-state index in [1.54, 1.807) is 7.11 Å². The second-order valence-electron chi connectivity index (χ2n) is 4.55. The Bertz CT molecular complexity index is 152. The zero-order valence-corrected chi connectivity index (χ0v) is 9.54. The van der Waals surface area contributed by atoms with Gasteiger partial charge in [-0.25, -0.2) is 0 Å². The van der Waals surface area contributed by atoms with E-state index >= 15 is 0 Å². The molecule has 2 atom stereocenters. The lowest BCUT2D eigenvalue weighted by atomic mass is 10.0. The summed E-state index contributed by atoms with van der Waals surface area (Å²) in [7, 11) is 1.71. The Kier molecular flexibility index (Phi) is 5.45. The largest absolute Gasteiger partial charge is 0.383 e. The Morgan fingerprint density at radius 2 is 2.21 bits per heavy atom. The molecule has 0 aromatic heterocycles. The van der Waals surface area contributed by atoms with Crippen molar-refractivity contribution in [1.29, 1.82) is 0 Å². The number of methoxy groups -OCH3 is 1. The topological polar surface area (TPSA) is 38.5 Å². The van der Waals surface area contributed by atoms with Crippen molar-refractivity contribution in [3.8, 4) is 0 Å². The Morgan fingerprint density at radius 1 is 1.43 bits per heavy atom. The van der Waals surface area contributed by atoms with Crippen LogP contribution in [0, 0.1) is 5.92 Å². The summed E-state index contributed by atoms with van der Waals surface area (Å²) in [6.45, 7) is 6.42. The lowest BCUT2D eigenvalue weighted by molar-refractivity contribution is 0.154. The van der Waals surface area contributed by atoms with E-state index in [1.807, 2.05) is 0 Å². The Hall–Kier alpha value is -0.120. The molecule has 1 rings (SSSR count). The lowest BCUT2D eigenvalue weighted by Crippen LogP contribution is -2.40. The molecule has 1 heterocycles. The van der Waals surface area contributed by atoms with E-state index in [1.165, 1.54) is 32.4 Å². The minimum atomic E-state index is 0.174. The molecule has 1 saturated heterocycles. The minimum absolute atomic E-state index is 0.174. The van der Waals surface area contributed by atoms with Gasteiger partial charge in [0.25, 0.3) is 0 Å². The van der Waals surface area contributed by atoms with Crippen LogP contribution in [0.25, 0.3) is 0 Å². The second kappa shape index (κ2) is 6.38. The molecule has 0 bridgehead atoms. The van der Waals surface area contributed by atoms with Crippen molar-refractivity contribution >= 4 is 0 Å². The highest BCUT2D eigenvalue weighted by Crippen LogP contribution is 2.16. The van der Waals surface area contributed by atoms with Gasteiger partial charge in [-0.3, -0.25) is 0 Å². The van der Waals surface area contributed by atoms with Crippen molar-refractivity contribution in [3.05, 3.63) is 0 Å². The van der Waals surface area contributed by atoms with E-state index in [0.717, 1.165) is 12.5 Å². The first-order valence-electron chi connectivity index (χ1n) is 5.69. The summed E-state index contributed by atoms with van der Waals surface area (Å²) in [5, 5.41) is 0. The van der Waals surface area contributed by atoms with Crippen LogP contribution in [0.5, 0.6) is 0 Å². The summed E-state index contributed by atoms with van der Waals surface area (Å²) in [6.07, 6.45) is 4.01. The summed E-state index contributed by atoms with van der Waals surface area (Å²) >= 11 is 0. The van der Waals surface area contributed by atoms with Crippen molar-refractivity contribution in [2.45, 2.75) is 32.2 Å². The summed E-state index contributed by atoms with van der Waals surface area (Å²) in [5.41, 5.74) is 5.93. The van der Waals surface area contributed by atoms with Gasteiger partial charge in [-0.1, -0.05) is 6.92 Å². The molecule has 3 heteroatoms. The van der Waals surface area contributed by atoms with Crippen LogP contribution in [0.2, 0.25) is 0 Å². The second-order valence-corrected chi connectivity index (χ2v) is 4.55. The summed E-state index contributed by atoms with van der Waals surface area (Å²) in [5.74, 6) is 0.888. The molecule has 2 unspecified atom stereocenters. The Morgan fingerprint density at radius 3 is 2.93 bits per heavy atom. The molecule has 2 N–H and O–H groups in total. The summed E-state index contributed by atoms with van der Waals surface area (Å²) < 4.78 is 5.05. The zero-order valence-electron chi connectivity index (χ0n) is 9.54. The number of rotatable bonds is 4. The molecule has 0 saturated carbocycles. The summed E-state index contributed by atoms with van der Waals surface area (Å²) in [6, 6.07) is 0.174. The molecule has 14 heavy (non-hydrogen) atoms. The molecular weight excluding hydrogens is 176 g/mol. The first-order chi connectivity index (χ1) is 6.72. The Labute approximate surface area is 87.6 Å². The van der Waals surface area contributed by atoms with Crippen LogP contribution in [-0.4, -0.2) is 44.3 Å². The highest BCUT2D eigenvalue weighted by molar-refractivity contribution is 4.72. The molecule has 0 aliphatic carbocycles. The number of nitrogens with two attached hydrogens (primary N) is 1. The SMILES string of the molecule is COCC(N)CN1CCCC(C)CC1. The van der Waals surface area contributed by atoms with Gasteiger partial charge < -0.3 is 15.4 Å². The monoisotopic (exact) mass is 200 g/mol. The van der Waals surface area contributed by atoms with E-state index in [4.69, 9.17) is 10.5 Å². The molecule has 3 nitrogen and oxygen atoms in total. The molecule has 1 fully saturated rings. The number of ether oxygens (including phenoxy) is 1. The van der Waals surface area contributed by atoms with E-state index in [9.17, 15) is 0 Å². The van der Waals surface area contributed by atoms with Gasteiger partial charge in [0, 0.05) is 19.7 Å². The van der Waals surface area contributed by atoms with Gasteiger partial charge in [-0.15, -0.1) is 0 Å². The van der Waals surface area contributed by atoms with Crippen molar-refractivity contribution in [1.82, 2.24) is 4.90 Å². The highest BCUT2D eigenvalue weighted by atomic mass is 16.5. The maximum Gasteiger partial charge on any atom is 0.0626 e. The van der Waals surface area contributed by atoms with Gasteiger partial charge >= 0.3 is 0 Å². The smallest absolute Gasteiger partial charge is 0.0626 e. The number of hydrogen-bond acceptors (Lipinski definition) is 3. The third kappa shape index (κ3) is 4.40. The van der Waals surface area contributed by atoms with Crippen LogP contribution in [0.4, 0.5) is 0 Å².